The van der Waals surface area contributed by atoms with Crippen LogP contribution in [0, 0.1) is 0 Å². The summed E-state index contributed by atoms with van der Waals surface area (Å²) in [6.45, 7) is 11.8. The summed E-state index contributed by atoms with van der Waals surface area (Å²) in [6, 6.07) is 0. The van der Waals surface area contributed by atoms with Gasteiger partial charge in [-0.05, 0) is 20.8 Å². The first-order chi connectivity index (χ1) is 8.23. The van der Waals surface area contributed by atoms with Crippen molar-refractivity contribution in [1.29, 1.82) is 0 Å². The van der Waals surface area contributed by atoms with Gasteiger partial charge in [-0.3, -0.25) is 0 Å². The van der Waals surface area contributed by atoms with Gasteiger partial charge < -0.3 is 8.85 Å². The van der Waals surface area contributed by atoms with E-state index in [9.17, 15) is 0 Å². The molecule has 1 unspecified atom stereocenters. The van der Waals surface area contributed by atoms with Crippen molar-refractivity contribution in [2.45, 2.75) is 53.1 Å². The Morgan fingerprint density at radius 2 is 1.72 bits per heavy atom. The standard InChI is InChI=1S/C11H20N4O2Si/c1-8-7-11(4,5)15-14-10(3)17-18(15,6)16-9(2)13-12-8/h7H2,1-6H3/b12-8-,13-9-. The molecule has 2 aliphatic rings. The van der Waals surface area contributed by atoms with Crippen molar-refractivity contribution >= 4 is 26.2 Å². The van der Waals surface area contributed by atoms with E-state index in [1.54, 1.807) is 6.92 Å². The van der Waals surface area contributed by atoms with E-state index in [1.807, 2.05) is 25.1 Å². The average molecular weight is 268 g/mol. The van der Waals surface area contributed by atoms with Crippen LogP contribution in [0.1, 0.15) is 41.0 Å². The third-order valence-corrected chi connectivity index (χ3v) is 5.75. The summed E-state index contributed by atoms with van der Waals surface area (Å²) in [6.07, 6.45) is 0.774. The number of hydrogen-bond acceptors (Lipinski definition) is 6. The largest absolute Gasteiger partial charge is 0.603 e. The first-order valence-corrected chi connectivity index (χ1v) is 8.31. The van der Waals surface area contributed by atoms with Gasteiger partial charge in [0.15, 0.2) is 11.8 Å². The van der Waals surface area contributed by atoms with Crippen LogP contribution in [0.15, 0.2) is 15.3 Å². The zero-order valence-electron chi connectivity index (χ0n) is 11.8. The average Bonchev–Trinajstić information content (AvgIpc) is 2.50. The Hall–Kier alpha value is -1.37. The first-order valence-electron chi connectivity index (χ1n) is 6.04. The molecule has 18 heavy (non-hydrogen) atoms. The van der Waals surface area contributed by atoms with Crippen LogP contribution in [0.25, 0.3) is 0 Å². The molecule has 0 radical (unpaired) electrons. The van der Waals surface area contributed by atoms with Gasteiger partial charge in [-0.25, -0.2) is 4.67 Å². The number of fused-ring (bicyclic) bond motifs is 1. The molecule has 1 atom stereocenters. The SMILES string of the molecule is CC1=NN2C(C)(C)C/C(C)=N\N=C(\C)O[Si]2(C)O1. The third kappa shape index (κ3) is 2.27. The molecule has 0 N–H and O–H groups in total. The van der Waals surface area contributed by atoms with Crippen molar-refractivity contribution in [3.63, 3.8) is 0 Å². The highest BCUT2D eigenvalue weighted by molar-refractivity contribution is 6.67. The Bertz CT molecular complexity index is 458. The lowest BCUT2D eigenvalue weighted by atomic mass is 9.99. The highest BCUT2D eigenvalue weighted by Crippen LogP contribution is 2.33. The van der Waals surface area contributed by atoms with E-state index in [2.05, 4.69) is 29.2 Å². The molecule has 0 aromatic rings. The second-order valence-corrected chi connectivity index (χ2v) is 8.10. The highest BCUT2D eigenvalue weighted by Gasteiger charge is 2.55. The molecule has 0 aromatic carbocycles. The van der Waals surface area contributed by atoms with E-state index < -0.39 is 8.72 Å². The molecule has 0 aromatic heterocycles. The molecule has 2 rings (SSSR count). The smallest absolute Gasteiger partial charge is 0.483 e. The van der Waals surface area contributed by atoms with Crippen molar-refractivity contribution in [3.05, 3.63) is 0 Å². The lowest BCUT2D eigenvalue weighted by molar-refractivity contribution is 0.180. The molecule has 0 saturated heterocycles. The molecule has 0 aliphatic carbocycles. The minimum Gasteiger partial charge on any atom is -0.483 e. The van der Waals surface area contributed by atoms with Crippen molar-refractivity contribution in [2.75, 3.05) is 0 Å². The van der Waals surface area contributed by atoms with E-state index in [-0.39, 0.29) is 5.54 Å². The Morgan fingerprint density at radius 1 is 1.11 bits per heavy atom. The number of nitrogens with zero attached hydrogens (tertiary/aromatic N) is 4. The van der Waals surface area contributed by atoms with E-state index >= 15 is 0 Å². The summed E-state index contributed by atoms with van der Waals surface area (Å²) in [4.78, 5) is 0. The van der Waals surface area contributed by atoms with Gasteiger partial charge in [0, 0.05) is 32.5 Å². The van der Waals surface area contributed by atoms with Gasteiger partial charge in [0.1, 0.15) is 0 Å². The fourth-order valence-corrected chi connectivity index (χ4v) is 5.40. The van der Waals surface area contributed by atoms with Crippen LogP contribution in [-0.4, -0.2) is 36.4 Å². The monoisotopic (exact) mass is 268 g/mol. The summed E-state index contributed by atoms with van der Waals surface area (Å²) in [5.41, 5.74) is 0.757. The Morgan fingerprint density at radius 3 is 2.39 bits per heavy atom. The summed E-state index contributed by atoms with van der Waals surface area (Å²) in [7, 11) is -2.58. The second-order valence-electron chi connectivity index (χ2n) is 5.48. The minimum absolute atomic E-state index is 0.202. The van der Waals surface area contributed by atoms with Gasteiger partial charge in [0.2, 0.25) is 0 Å². The first kappa shape index (κ1) is 13.1. The van der Waals surface area contributed by atoms with Crippen LogP contribution in [0.3, 0.4) is 0 Å². The summed E-state index contributed by atoms with van der Waals surface area (Å²) >= 11 is 0. The van der Waals surface area contributed by atoms with E-state index in [0.717, 1.165) is 12.1 Å². The molecule has 6 nitrogen and oxygen atoms in total. The van der Waals surface area contributed by atoms with Crippen molar-refractivity contribution in [1.82, 2.24) is 4.67 Å². The molecule has 0 amide bonds. The van der Waals surface area contributed by atoms with Crippen LogP contribution in [0.4, 0.5) is 0 Å². The Kier molecular flexibility index (Phi) is 2.96. The quantitative estimate of drug-likeness (QED) is 0.633. The lowest BCUT2D eigenvalue weighted by Gasteiger charge is -2.39. The minimum atomic E-state index is -2.58. The summed E-state index contributed by atoms with van der Waals surface area (Å²) < 4.78 is 13.7. The van der Waals surface area contributed by atoms with Crippen molar-refractivity contribution in [2.24, 2.45) is 15.3 Å². The molecule has 0 fully saturated rings. The van der Waals surface area contributed by atoms with Gasteiger partial charge in [0.05, 0.1) is 5.54 Å². The molecule has 100 valence electrons. The lowest BCUT2D eigenvalue weighted by Crippen LogP contribution is -2.59. The van der Waals surface area contributed by atoms with Crippen molar-refractivity contribution in [3.8, 4) is 0 Å². The molecule has 2 heterocycles. The van der Waals surface area contributed by atoms with E-state index in [1.165, 1.54) is 0 Å². The topological polar surface area (TPSA) is 58.8 Å². The van der Waals surface area contributed by atoms with Gasteiger partial charge in [0.25, 0.3) is 0 Å². The van der Waals surface area contributed by atoms with Crippen molar-refractivity contribution < 1.29 is 8.85 Å². The normalized spacial score (nSPS) is 36.6. The number of hydrogen-bond donors (Lipinski definition) is 0. The molecule has 0 bridgehead atoms. The fraction of sp³-hybridized carbons (Fsp3) is 0.727. The maximum Gasteiger partial charge on any atom is 0.603 e. The van der Waals surface area contributed by atoms with Crippen LogP contribution in [0.2, 0.25) is 6.55 Å². The van der Waals surface area contributed by atoms with Crippen LogP contribution < -0.4 is 0 Å². The van der Waals surface area contributed by atoms with Crippen LogP contribution in [0.5, 0.6) is 0 Å². The predicted molar refractivity (Wildman–Crippen MR) is 73.7 cm³/mol. The number of rotatable bonds is 0. The fourth-order valence-electron chi connectivity index (χ4n) is 2.51. The molecule has 2 aliphatic heterocycles. The predicted octanol–water partition coefficient (Wildman–Crippen LogP) is 2.21. The third-order valence-electron chi connectivity index (χ3n) is 2.92. The Labute approximate surface area is 109 Å². The summed E-state index contributed by atoms with van der Waals surface area (Å²) in [5.74, 6) is 1.18. The van der Waals surface area contributed by atoms with E-state index in [0.29, 0.717) is 11.8 Å². The highest BCUT2D eigenvalue weighted by atomic mass is 28.4. The maximum atomic E-state index is 5.91. The van der Waals surface area contributed by atoms with Gasteiger partial charge in [-0.2, -0.15) is 5.10 Å². The molecule has 7 heteroatoms. The van der Waals surface area contributed by atoms with Gasteiger partial charge in [-0.1, -0.05) is 0 Å². The van der Waals surface area contributed by atoms with Crippen LogP contribution in [-0.2, 0) is 8.85 Å². The Balaban J connectivity index is 2.44. The van der Waals surface area contributed by atoms with Crippen LogP contribution >= 0.6 is 0 Å². The second kappa shape index (κ2) is 4.08. The van der Waals surface area contributed by atoms with Gasteiger partial charge in [-0.15, -0.1) is 10.2 Å². The number of hydrazone groups is 1. The molecule has 0 spiro atoms. The van der Waals surface area contributed by atoms with E-state index in [4.69, 9.17) is 8.85 Å². The van der Waals surface area contributed by atoms with Gasteiger partial charge >= 0.3 is 8.72 Å². The summed E-state index contributed by atoms with van der Waals surface area (Å²) in [5, 5.41) is 12.8. The molecular formula is C11H20N4O2Si. The molecule has 0 saturated carbocycles. The zero-order valence-corrected chi connectivity index (χ0v) is 12.8. The zero-order chi connectivity index (χ0) is 13.6. The maximum absolute atomic E-state index is 5.91. The molecular weight excluding hydrogens is 248 g/mol.